The molecule has 0 fully saturated rings. The molecule has 0 saturated carbocycles. The van der Waals surface area contributed by atoms with Crippen LogP contribution >= 0.6 is 24.0 Å². The van der Waals surface area contributed by atoms with E-state index in [9.17, 15) is 0 Å². The zero-order valence-electron chi connectivity index (χ0n) is 13.0. The maximum atomic E-state index is 5.78. The van der Waals surface area contributed by atoms with Gasteiger partial charge in [-0.3, -0.25) is 0 Å². The van der Waals surface area contributed by atoms with E-state index in [1.54, 1.807) is 6.26 Å². The van der Waals surface area contributed by atoms with Crippen LogP contribution in [0.1, 0.15) is 31.0 Å². The molecular weight excluding hydrogens is 391 g/mol. The number of nitrogens with two attached hydrogens (primary N) is 1. The smallest absolute Gasteiger partial charge is 0.226 e. The maximum absolute atomic E-state index is 5.78. The van der Waals surface area contributed by atoms with Crippen molar-refractivity contribution in [2.45, 2.75) is 33.2 Å². The van der Waals surface area contributed by atoms with Crippen LogP contribution < -0.4 is 11.1 Å². The number of aliphatic imine (C=N–C) groups is 1. The molecule has 1 heterocycles. The van der Waals surface area contributed by atoms with E-state index in [0.717, 1.165) is 30.6 Å². The summed E-state index contributed by atoms with van der Waals surface area (Å²) in [4.78, 5) is 8.67. The van der Waals surface area contributed by atoms with Crippen molar-refractivity contribution in [1.82, 2.24) is 10.3 Å². The van der Waals surface area contributed by atoms with Gasteiger partial charge in [-0.05, 0) is 25.5 Å². The Bertz CT molecular complexity index is 592. The minimum Gasteiger partial charge on any atom is -0.444 e. The van der Waals surface area contributed by atoms with E-state index in [0.29, 0.717) is 18.4 Å². The first-order valence-electron chi connectivity index (χ1n) is 7.24. The average Bonchev–Trinajstić information content (AvgIpc) is 2.95. The van der Waals surface area contributed by atoms with Crippen LogP contribution in [-0.2, 0) is 6.54 Å². The van der Waals surface area contributed by atoms with Crippen molar-refractivity contribution in [3.05, 3.63) is 41.8 Å². The largest absolute Gasteiger partial charge is 0.444 e. The molecule has 0 radical (unpaired) electrons. The van der Waals surface area contributed by atoms with Crippen molar-refractivity contribution in [2.75, 3.05) is 6.54 Å². The van der Waals surface area contributed by atoms with E-state index >= 15 is 0 Å². The van der Waals surface area contributed by atoms with Crippen molar-refractivity contribution in [3.63, 3.8) is 0 Å². The third-order valence-electron chi connectivity index (χ3n) is 3.10. The van der Waals surface area contributed by atoms with Crippen LogP contribution in [0, 0.1) is 6.92 Å². The molecule has 0 aliphatic heterocycles. The fourth-order valence-corrected chi connectivity index (χ4v) is 1.82. The lowest BCUT2D eigenvalue weighted by atomic mass is 10.1. The Kier molecular flexibility index (Phi) is 7.94. The van der Waals surface area contributed by atoms with Gasteiger partial charge in [0.1, 0.15) is 12.0 Å². The van der Waals surface area contributed by atoms with Crippen LogP contribution in [0.3, 0.4) is 0 Å². The Balaban J connectivity index is 0.00000242. The third-order valence-corrected chi connectivity index (χ3v) is 3.10. The highest BCUT2D eigenvalue weighted by atomic mass is 127. The van der Waals surface area contributed by atoms with Gasteiger partial charge >= 0.3 is 0 Å². The molecule has 2 aromatic rings. The van der Waals surface area contributed by atoms with Crippen molar-refractivity contribution >= 4 is 29.9 Å². The summed E-state index contributed by atoms with van der Waals surface area (Å²) < 4.78 is 5.48. The predicted octanol–water partition coefficient (Wildman–Crippen LogP) is 3.47. The van der Waals surface area contributed by atoms with Gasteiger partial charge in [-0.1, -0.05) is 31.0 Å². The molecule has 0 amide bonds. The monoisotopic (exact) mass is 414 g/mol. The number of rotatable bonds is 6. The number of nitrogens with one attached hydrogen (secondary N) is 1. The molecule has 0 spiro atoms. The molecule has 0 unspecified atom stereocenters. The second kappa shape index (κ2) is 9.45. The topological polar surface area (TPSA) is 76.4 Å². The first-order valence-corrected chi connectivity index (χ1v) is 7.24. The summed E-state index contributed by atoms with van der Waals surface area (Å²) in [5.74, 6) is 1.06. The Hall–Kier alpha value is -1.57. The van der Waals surface area contributed by atoms with Crippen LogP contribution in [0.15, 0.2) is 39.9 Å². The second-order valence-corrected chi connectivity index (χ2v) is 4.99. The van der Waals surface area contributed by atoms with E-state index in [2.05, 4.69) is 22.2 Å². The molecule has 0 saturated heterocycles. The zero-order valence-corrected chi connectivity index (χ0v) is 15.3. The highest BCUT2D eigenvalue weighted by molar-refractivity contribution is 14.0. The lowest BCUT2D eigenvalue weighted by Crippen LogP contribution is -2.32. The van der Waals surface area contributed by atoms with Gasteiger partial charge in [-0.2, -0.15) is 0 Å². The van der Waals surface area contributed by atoms with Gasteiger partial charge in [0.05, 0.1) is 6.54 Å². The molecule has 6 heteroatoms. The first kappa shape index (κ1) is 18.5. The summed E-state index contributed by atoms with van der Waals surface area (Å²) >= 11 is 0. The Morgan fingerprint density at radius 3 is 2.73 bits per heavy atom. The van der Waals surface area contributed by atoms with Crippen LogP contribution in [0.5, 0.6) is 0 Å². The van der Waals surface area contributed by atoms with E-state index in [1.165, 1.54) is 5.56 Å². The summed E-state index contributed by atoms with van der Waals surface area (Å²) in [6.45, 7) is 5.45. The molecule has 0 atom stereocenters. The van der Waals surface area contributed by atoms with Crippen LogP contribution in [0.4, 0.5) is 0 Å². The van der Waals surface area contributed by atoms with Gasteiger partial charge in [0.15, 0.2) is 5.96 Å². The third kappa shape index (κ3) is 5.67. The summed E-state index contributed by atoms with van der Waals surface area (Å²) in [5.41, 5.74) is 8.72. The lowest BCUT2D eigenvalue weighted by molar-refractivity contribution is 0.572. The number of oxazole rings is 1. The Labute approximate surface area is 148 Å². The average molecular weight is 414 g/mol. The fourth-order valence-electron chi connectivity index (χ4n) is 1.82. The summed E-state index contributed by atoms with van der Waals surface area (Å²) in [7, 11) is 0. The number of halogens is 1. The number of unbranched alkanes of at least 4 members (excludes halogenated alkanes) is 1. The molecule has 0 bridgehead atoms. The van der Waals surface area contributed by atoms with Crippen LogP contribution in [-0.4, -0.2) is 17.5 Å². The molecule has 0 aliphatic carbocycles. The highest BCUT2D eigenvalue weighted by Crippen LogP contribution is 2.19. The quantitative estimate of drug-likeness (QED) is 0.329. The summed E-state index contributed by atoms with van der Waals surface area (Å²) in [6.07, 6.45) is 3.83. The molecular formula is C16H23IN4O. The fraction of sp³-hybridized carbons (Fsp3) is 0.375. The van der Waals surface area contributed by atoms with Crippen molar-refractivity contribution < 1.29 is 4.42 Å². The lowest BCUT2D eigenvalue weighted by Gasteiger charge is -2.02. The molecule has 5 nitrogen and oxygen atoms in total. The van der Waals surface area contributed by atoms with Gasteiger partial charge < -0.3 is 15.5 Å². The van der Waals surface area contributed by atoms with Crippen molar-refractivity contribution in [3.8, 4) is 11.5 Å². The number of aromatic nitrogens is 1. The summed E-state index contributed by atoms with van der Waals surface area (Å²) in [6, 6.07) is 8.06. The SMILES string of the molecule is CCCCNC(N)=NCc1coc(-c2ccc(C)cc2)n1.I. The minimum atomic E-state index is 0. The molecule has 2 rings (SSSR count). The number of benzene rings is 1. The number of aryl methyl sites for hydroxylation is 1. The number of hydrogen-bond donors (Lipinski definition) is 2. The predicted molar refractivity (Wildman–Crippen MR) is 100 cm³/mol. The maximum Gasteiger partial charge on any atom is 0.226 e. The molecule has 1 aromatic carbocycles. The van der Waals surface area contributed by atoms with Gasteiger partial charge in [0.2, 0.25) is 5.89 Å². The van der Waals surface area contributed by atoms with Gasteiger partial charge in [-0.15, -0.1) is 24.0 Å². The van der Waals surface area contributed by atoms with Crippen molar-refractivity contribution in [1.29, 1.82) is 0 Å². The number of hydrogen-bond acceptors (Lipinski definition) is 3. The molecule has 1 aromatic heterocycles. The second-order valence-electron chi connectivity index (χ2n) is 4.99. The Morgan fingerprint density at radius 2 is 2.05 bits per heavy atom. The molecule has 0 aliphatic rings. The van der Waals surface area contributed by atoms with Gasteiger partial charge in [-0.25, -0.2) is 9.98 Å². The number of guanidine groups is 1. The summed E-state index contributed by atoms with van der Waals surface area (Å²) in [5, 5.41) is 3.07. The van der Waals surface area contributed by atoms with Crippen LogP contribution in [0.2, 0.25) is 0 Å². The van der Waals surface area contributed by atoms with E-state index in [-0.39, 0.29) is 24.0 Å². The Morgan fingerprint density at radius 1 is 1.32 bits per heavy atom. The minimum absolute atomic E-state index is 0. The van der Waals surface area contributed by atoms with Gasteiger partial charge in [0, 0.05) is 12.1 Å². The molecule has 22 heavy (non-hydrogen) atoms. The van der Waals surface area contributed by atoms with Crippen LogP contribution in [0.25, 0.3) is 11.5 Å². The normalized spacial score (nSPS) is 11.1. The molecule has 3 N–H and O–H groups in total. The number of nitrogens with zero attached hydrogens (tertiary/aromatic N) is 2. The zero-order chi connectivity index (χ0) is 15.1. The van der Waals surface area contributed by atoms with E-state index < -0.39 is 0 Å². The highest BCUT2D eigenvalue weighted by Gasteiger charge is 2.06. The first-order chi connectivity index (χ1) is 10.2. The van der Waals surface area contributed by atoms with E-state index in [4.69, 9.17) is 10.2 Å². The van der Waals surface area contributed by atoms with Crippen molar-refractivity contribution in [2.24, 2.45) is 10.7 Å². The van der Waals surface area contributed by atoms with E-state index in [1.807, 2.05) is 31.2 Å². The van der Waals surface area contributed by atoms with Gasteiger partial charge in [0.25, 0.3) is 0 Å². The standard InChI is InChI=1S/C16H22N4O.HI/c1-3-4-9-18-16(17)19-10-14-11-21-15(20-14)13-7-5-12(2)6-8-13;/h5-8,11H,3-4,9-10H2,1-2H3,(H3,17,18,19);1H. The molecule has 120 valence electrons.